The summed E-state index contributed by atoms with van der Waals surface area (Å²) in [5.74, 6) is 0. The Morgan fingerprint density at radius 3 is 2.36 bits per heavy atom. The second-order valence-electron chi connectivity index (χ2n) is 2.80. The largest absolute Gasteiger partial charge is 0.417 e. The van der Waals surface area contributed by atoms with Crippen LogP contribution in [0.1, 0.15) is 16.7 Å². The Kier molecular flexibility index (Phi) is 2.76. The maximum Gasteiger partial charge on any atom is 0.417 e. The number of benzene rings is 1. The van der Waals surface area contributed by atoms with Crippen LogP contribution in [0.2, 0.25) is 0 Å². The molecule has 0 aromatic heterocycles. The molecule has 1 nitrogen and oxygen atoms in total. The smallest absolute Gasteiger partial charge is 0.192 e. The number of nitrogens with zero attached hydrogens (tertiary/aromatic N) is 1. The molecule has 0 radical (unpaired) electrons. The zero-order valence-corrected chi connectivity index (χ0v) is 8.08. The van der Waals surface area contributed by atoms with Crippen LogP contribution in [0.3, 0.4) is 0 Å². The van der Waals surface area contributed by atoms with Gasteiger partial charge in [0, 0.05) is 4.90 Å². The van der Waals surface area contributed by atoms with Crippen LogP contribution in [0.4, 0.5) is 13.2 Å². The number of alkyl halides is 3. The predicted octanol–water partition coefficient (Wildman–Crippen LogP) is 3.17. The number of aryl methyl sites for hydroxylation is 1. The van der Waals surface area contributed by atoms with E-state index in [-0.39, 0.29) is 10.5 Å². The van der Waals surface area contributed by atoms with Crippen molar-refractivity contribution in [3.63, 3.8) is 0 Å². The minimum atomic E-state index is -4.46. The summed E-state index contributed by atoms with van der Waals surface area (Å²) in [5.41, 5.74) is -0.523. The Morgan fingerprint density at radius 2 is 1.93 bits per heavy atom. The molecule has 5 heteroatoms. The number of hydrogen-bond donors (Lipinski definition) is 1. The molecule has 0 spiro atoms. The molecule has 0 saturated heterocycles. The normalized spacial score (nSPS) is 11.1. The van der Waals surface area contributed by atoms with Crippen molar-refractivity contribution < 1.29 is 13.2 Å². The molecule has 14 heavy (non-hydrogen) atoms. The standard InChI is InChI=1S/C9H6F3NS/c1-5-2-6(4-13)3-7(8(5)14)9(10,11)12/h2-3,14H,1H3. The highest BCUT2D eigenvalue weighted by Gasteiger charge is 2.33. The number of rotatable bonds is 0. The first-order chi connectivity index (χ1) is 6.36. The monoisotopic (exact) mass is 217 g/mol. The van der Waals surface area contributed by atoms with Crippen molar-refractivity contribution >= 4 is 12.6 Å². The topological polar surface area (TPSA) is 23.8 Å². The van der Waals surface area contributed by atoms with Crippen LogP contribution in [0, 0.1) is 18.3 Å². The van der Waals surface area contributed by atoms with Gasteiger partial charge in [-0.3, -0.25) is 0 Å². The van der Waals surface area contributed by atoms with E-state index in [4.69, 9.17) is 5.26 Å². The molecule has 0 amide bonds. The van der Waals surface area contributed by atoms with Crippen LogP contribution in [0.5, 0.6) is 0 Å². The third kappa shape index (κ3) is 2.02. The van der Waals surface area contributed by atoms with Crippen LogP contribution in [0.15, 0.2) is 17.0 Å². The molecule has 1 rings (SSSR count). The van der Waals surface area contributed by atoms with Gasteiger partial charge in [-0.25, -0.2) is 0 Å². The first-order valence-electron chi connectivity index (χ1n) is 3.67. The lowest BCUT2D eigenvalue weighted by molar-refractivity contribution is -0.139. The third-order valence-corrected chi connectivity index (χ3v) is 2.33. The van der Waals surface area contributed by atoms with Gasteiger partial charge in [-0.05, 0) is 24.6 Å². The van der Waals surface area contributed by atoms with Gasteiger partial charge < -0.3 is 0 Å². The van der Waals surface area contributed by atoms with Gasteiger partial charge in [-0.15, -0.1) is 12.6 Å². The lowest BCUT2D eigenvalue weighted by Gasteiger charge is -2.11. The molecule has 0 N–H and O–H groups in total. The van der Waals surface area contributed by atoms with E-state index < -0.39 is 11.7 Å². The highest BCUT2D eigenvalue weighted by Crippen LogP contribution is 2.35. The molecular formula is C9H6F3NS. The molecule has 0 aliphatic rings. The van der Waals surface area contributed by atoms with Gasteiger partial charge in [0.25, 0.3) is 0 Å². The van der Waals surface area contributed by atoms with Crippen molar-refractivity contribution in [3.05, 3.63) is 28.8 Å². The van der Waals surface area contributed by atoms with Crippen LogP contribution in [0.25, 0.3) is 0 Å². The van der Waals surface area contributed by atoms with Crippen LogP contribution < -0.4 is 0 Å². The van der Waals surface area contributed by atoms with Crippen molar-refractivity contribution in [1.29, 1.82) is 5.26 Å². The second kappa shape index (κ2) is 3.54. The fraction of sp³-hybridized carbons (Fsp3) is 0.222. The molecule has 0 fully saturated rings. The van der Waals surface area contributed by atoms with E-state index in [0.717, 1.165) is 6.07 Å². The van der Waals surface area contributed by atoms with Gasteiger partial charge in [0.05, 0.1) is 17.2 Å². The van der Waals surface area contributed by atoms with Crippen molar-refractivity contribution in [2.45, 2.75) is 18.0 Å². The summed E-state index contributed by atoms with van der Waals surface area (Å²) in [6.07, 6.45) is -4.46. The van der Waals surface area contributed by atoms with Gasteiger partial charge in [0.15, 0.2) is 0 Å². The van der Waals surface area contributed by atoms with Gasteiger partial charge in [0.2, 0.25) is 0 Å². The molecule has 0 atom stereocenters. The van der Waals surface area contributed by atoms with Gasteiger partial charge >= 0.3 is 6.18 Å². The van der Waals surface area contributed by atoms with Crippen molar-refractivity contribution in [2.75, 3.05) is 0 Å². The summed E-state index contributed by atoms with van der Waals surface area (Å²) in [7, 11) is 0. The highest BCUT2D eigenvalue weighted by molar-refractivity contribution is 7.80. The zero-order chi connectivity index (χ0) is 10.9. The van der Waals surface area contributed by atoms with E-state index in [9.17, 15) is 13.2 Å². The zero-order valence-electron chi connectivity index (χ0n) is 7.18. The first kappa shape index (κ1) is 10.9. The Balaban J connectivity index is 3.44. The minimum Gasteiger partial charge on any atom is -0.192 e. The minimum absolute atomic E-state index is 0.00683. The van der Waals surface area contributed by atoms with Crippen LogP contribution in [-0.2, 0) is 6.18 Å². The van der Waals surface area contributed by atoms with E-state index >= 15 is 0 Å². The molecule has 0 aliphatic carbocycles. The lowest BCUT2D eigenvalue weighted by atomic mass is 10.1. The molecule has 0 aliphatic heterocycles. The summed E-state index contributed by atoms with van der Waals surface area (Å²) in [5, 5.41) is 8.50. The third-order valence-electron chi connectivity index (χ3n) is 1.73. The summed E-state index contributed by atoms with van der Waals surface area (Å²) >= 11 is 3.76. The Labute approximate surface area is 84.6 Å². The van der Waals surface area contributed by atoms with E-state index in [1.54, 1.807) is 6.07 Å². The fourth-order valence-electron chi connectivity index (χ4n) is 1.06. The summed E-state index contributed by atoms with van der Waals surface area (Å²) in [6, 6.07) is 3.85. The van der Waals surface area contributed by atoms with Gasteiger partial charge in [-0.1, -0.05) is 0 Å². The van der Waals surface area contributed by atoms with E-state index in [1.807, 2.05) is 0 Å². The summed E-state index contributed by atoms with van der Waals surface area (Å²) in [4.78, 5) is -0.128. The van der Waals surface area contributed by atoms with Crippen LogP contribution in [-0.4, -0.2) is 0 Å². The maximum atomic E-state index is 12.4. The molecule has 1 aromatic rings. The Bertz CT molecular complexity index is 404. The summed E-state index contributed by atoms with van der Waals surface area (Å²) < 4.78 is 37.2. The van der Waals surface area contributed by atoms with Crippen LogP contribution >= 0.6 is 12.6 Å². The SMILES string of the molecule is Cc1cc(C#N)cc(C(F)(F)F)c1S. The Morgan fingerprint density at radius 1 is 1.36 bits per heavy atom. The molecule has 1 aromatic carbocycles. The number of thiol groups is 1. The summed E-state index contributed by atoms with van der Waals surface area (Å²) in [6.45, 7) is 1.48. The first-order valence-corrected chi connectivity index (χ1v) is 4.12. The number of nitriles is 1. The number of hydrogen-bond acceptors (Lipinski definition) is 2. The molecule has 0 saturated carbocycles. The Hall–Kier alpha value is -1.15. The van der Waals surface area contributed by atoms with Gasteiger partial charge in [-0.2, -0.15) is 18.4 Å². The van der Waals surface area contributed by atoms with E-state index in [0.29, 0.717) is 5.56 Å². The van der Waals surface area contributed by atoms with Crippen molar-refractivity contribution in [2.24, 2.45) is 0 Å². The lowest BCUT2D eigenvalue weighted by Crippen LogP contribution is -2.07. The molecule has 0 bridgehead atoms. The average Bonchev–Trinajstić information content (AvgIpc) is 2.07. The highest BCUT2D eigenvalue weighted by atomic mass is 32.1. The predicted molar refractivity (Wildman–Crippen MR) is 48.1 cm³/mol. The second-order valence-corrected chi connectivity index (χ2v) is 3.25. The molecule has 74 valence electrons. The molecular weight excluding hydrogens is 211 g/mol. The molecule has 0 unspecified atom stereocenters. The molecule has 0 heterocycles. The van der Waals surface area contributed by atoms with E-state index in [2.05, 4.69) is 12.6 Å². The van der Waals surface area contributed by atoms with Gasteiger partial charge in [0.1, 0.15) is 0 Å². The number of halogens is 3. The maximum absolute atomic E-state index is 12.4. The fourth-order valence-corrected chi connectivity index (χ4v) is 1.32. The van der Waals surface area contributed by atoms with E-state index in [1.165, 1.54) is 13.0 Å². The average molecular weight is 217 g/mol. The van der Waals surface area contributed by atoms with Crippen molar-refractivity contribution in [1.82, 2.24) is 0 Å². The van der Waals surface area contributed by atoms with Crippen molar-refractivity contribution in [3.8, 4) is 6.07 Å². The quantitative estimate of drug-likeness (QED) is 0.663.